The number of piperidine rings is 1. The molecule has 0 bridgehead atoms. The van der Waals surface area contributed by atoms with Crippen molar-refractivity contribution in [3.05, 3.63) is 24.3 Å². The number of carbonyl (C=O) groups is 1. The molecule has 1 aromatic rings. The Bertz CT molecular complexity index is 540. The lowest BCUT2D eigenvalue weighted by molar-refractivity contribution is -0.122. The van der Waals surface area contributed by atoms with Gasteiger partial charge in [0.15, 0.2) is 0 Å². The van der Waals surface area contributed by atoms with E-state index in [4.69, 9.17) is 4.74 Å². The van der Waals surface area contributed by atoms with Gasteiger partial charge in [-0.3, -0.25) is 9.69 Å². The Hall–Kier alpha value is -1.30. The van der Waals surface area contributed by atoms with E-state index in [-0.39, 0.29) is 24.4 Å². The maximum atomic E-state index is 12.9. The quantitative estimate of drug-likeness (QED) is 0.910. The Labute approximate surface area is 144 Å². The topological polar surface area (TPSA) is 44.8 Å². The molecule has 2 unspecified atom stereocenters. The van der Waals surface area contributed by atoms with Crippen LogP contribution in [-0.4, -0.2) is 56.7 Å². The molecule has 0 aromatic heterocycles. The minimum atomic E-state index is 0. The summed E-state index contributed by atoms with van der Waals surface area (Å²) in [6, 6.07) is 8.28. The monoisotopic (exact) mass is 339 g/mol. The van der Waals surface area contributed by atoms with E-state index in [0.717, 1.165) is 43.9 Å². The molecule has 2 heterocycles. The Kier molecular flexibility index (Phi) is 6.27. The highest BCUT2D eigenvalue weighted by Crippen LogP contribution is 2.32. The van der Waals surface area contributed by atoms with Crippen LogP contribution in [0.15, 0.2) is 24.3 Å². The third-order valence-electron chi connectivity index (χ3n) is 4.86. The van der Waals surface area contributed by atoms with Crippen molar-refractivity contribution in [1.82, 2.24) is 10.2 Å². The normalized spacial score (nSPS) is 25.3. The molecule has 2 atom stereocenters. The number of amides is 1. The van der Waals surface area contributed by atoms with Crippen LogP contribution in [0.2, 0.25) is 0 Å². The van der Waals surface area contributed by atoms with Crippen molar-refractivity contribution in [2.24, 2.45) is 0 Å². The van der Waals surface area contributed by atoms with Crippen LogP contribution in [0.4, 0.5) is 5.69 Å². The number of likely N-dealkylation sites (tertiary alicyclic amines) is 1. The van der Waals surface area contributed by atoms with Crippen molar-refractivity contribution >= 4 is 24.0 Å². The summed E-state index contributed by atoms with van der Waals surface area (Å²) < 4.78 is 5.40. The summed E-state index contributed by atoms with van der Waals surface area (Å²) >= 11 is 0. The maximum absolute atomic E-state index is 12.9. The molecule has 0 aliphatic carbocycles. The molecule has 2 fully saturated rings. The van der Waals surface area contributed by atoms with Gasteiger partial charge in [-0.1, -0.05) is 12.1 Å². The van der Waals surface area contributed by atoms with E-state index in [0.29, 0.717) is 6.04 Å². The van der Waals surface area contributed by atoms with Crippen molar-refractivity contribution in [2.45, 2.75) is 31.3 Å². The SMILES string of the molecule is CNC1CCCN(C2CCN(c3ccccc3OC)C2=O)C1.Cl. The fraction of sp³-hybridized carbons (Fsp3) is 0.588. The van der Waals surface area contributed by atoms with E-state index in [2.05, 4.69) is 10.2 Å². The molecule has 0 saturated carbocycles. The number of para-hydroxylation sites is 2. The van der Waals surface area contributed by atoms with E-state index in [1.54, 1.807) is 7.11 Å². The highest BCUT2D eigenvalue weighted by Gasteiger charge is 2.38. The molecule has 1 N–H and O–H groups in total. The molecule has 3 rings (SSSR count). The van der Waals surface area contributed by atoms with Crippen molar-refractivity contribution < 1.29 is 9.53 Å². The first kappa shape index (κ1) is 18.0. The second-order valence-corrected chi connectivity index (χ2v) is 6.09. The number of nitrogens with one attached hydrogen (secondary N) is 1. The van der Waals surface area contributed by atoms with Crippen LogP contribution in [0, 0.1) is 0 Å². The van der Waals surface area contributed by atoms with Crippen LogP contribution in [0.25, 0.3) is 0 Å². The Morgan fingerprint density at radius 2 is 2.00 bits per heavy atom. The maximum Gasteiger partial charge on any atom is 0.244 e. The van der Waals surface area contributed by atoms with Crippen molar-refractivity contribution in [2.75, 3.05) is 38.7 Å². The van der Waals surface area contributed by atoms with Crippen LogP contribution in [0.5, 0.6) is 5.75 Å². The predicted molar refractivity (Wildman–Crippen MR) is 94.7 cm³/mol. The fourth-order valence-corrected chi connectivity index (χ4v) is 3.62. The molecule has 1 amide bonds. The average Bonchev–Trinajstić information content (AvgIpc) is 2.96. The average molecular weight is 340 g/mol. The minimum Gasteiger partial charge on any atom is -0.495 e. The summed E-state index contributed by atoms with van der Waals surface area (Å²) in [5.74, 6) is 0.976. The molecular formula is C17H26ClN3O2. The summed E-state index contributed by atoms with van der Waals surface area (Å²) in [7, 11) is 3.66. The van der Waals surface area contributed by atoms with Gasteiger partial charge in [-0.15, -0.1) is 12.4 Å². The molecule has 5 nitrogen and oxygen atoms in total. The zero-order valence-electron chi connectivity index (χ0n) is 13.8. The number of carbonyl (C=O) groups excluding carboxylic acids is 1. The number of likely N-dealkylation sites (N-methyl/N-ethyl adjacent to an activating group) is 1. The van der Waals surface area contributed by atoms with E-state index >= 15 is 0 Å². The standard InChI is InChI=1S/C17H25N3O2.ClH/c1-18-13-6-5-10-19(12-13)15-9-11-20(17(15)21)14-7-3-4-8-16(14)22-2;/h3-4,7-8,13,15,18H,5-6,9-12H2,1-2H3;1H. The molecule has 2 aliphatic heterocycles. The van der Waals surface area contributed by atoms with Crippen LogP contribution >= 0.6 is 12.4 Å². The molecule has 6 heteroatoms. The Balaban J connectivity index is 0.00000192. The molecule has 128 valence electrons. The zero-order chi connectivity index (χ0) is 15.5. The second-order valence-electron chi connectivity index (χ2n) is 6.09. The third kappa shape index (κ3) is 3.62. The lowest BCUT2D eigenvalue weighted by Crippen LogP contribution is -2.51. The van der Waals surface area contributed by atoms with E-state index < -0.39 is 0 Å². The number of anilines is 1. The Morgan fingerprint density at radius 1 is 1.22 bits per heavy atom. The molecule has 0 radical (unpaired) electrons. The molecule has 23 heavy (non-hydrogen) atoms. The molecule has 1 aromatic carbocycles. The highest BCUT2D eigenvalue weighted by atomic mass is 35.5. The van der Waals surface area contributed by atoms with E-state index in [1.807, 2.05) is 36.2 Å². The fourth-order valence-electron chi connectivity index (χ4n) is 3.62. The van der Waals surface area contributed by atoms with Gasteiger partial charge in [0, 0.05) is 19.1 Å². The lowest BCUT2D eigenvalue weighted by Gasteiger charge is -2.35. The van der Waals surface area contributed by atoms with Gasteiger partial charge in [-0.05, 0) is 45.0 Å². The zero-order valence-corrected chi connectivity index (χ0v) is 14.6. The van der Waals surface area contributed by atoms with Gasteiger partial charge in [0.2, 0.25) is 5.91 Å². The number of methoxy groups -OCH3 is 1. The third-order valence-corrected chi connectivity index (χ3v) is 4.86. The number of halogens is 1. The van der Waals surface area contributed by atoms with Crippen LogP contribution in [-0.2, 0) is 4.79 Å². The van der Waals surface area contributed by atoms with Gasteiger partial charge in [-0.25, -0.2) is 0 Å². The largest absolute Gasteiger partial charge is 0.495 e. The smallest absolute Gasteiger partial charge is 0.244 e. The van der Waals surface area contributed by atoms with Crippen LogP contribution in [0.1, 0.15) is 19.3 Å². The summed E-state index contributed by atoms with van der Waals surface area (Å²) in [6.07, 6.45) is 3.25. The summed E-state index contributed by atoms with van der Waals surface area (Å²) in [6.45, 7) is 2.76. The first-order valence-corrected chi connectivity index (χ1v) is 8.10. The molecular weight excluding hydrogens is 314 g/mol. The van der Waals surface area contributed by atoms with Crippen molar-refractivity contribution in [1.29, 1.82) is 0 Å². The van der Waals surface area contributed by atoms with Gasteiger partial charge in [0.05, 0.1) is 18.8 Å². The summed E-state index contributed by atoms with van der Waals surface area (Å²) in [5, 5.41) is 3.35. The van der Waals surface area contributed by atoms with Crippen molar-refractivity contribution in [3.63, 3.8) is 0 Å². The van der Waals surface area contributed by atoms with E-state index in [9.17, 15) is 4.79 Å². The number of benzene rings is 1. The number of hydrogen-bond acceptors (Lipinski definition) is 4. The Morgan fingerprint density at radius 3 is 2.74 bits per heavy atom. The van der Waals surface area contributed by atoms with Gasteiger partial charge >= 0.3 is 0 Å². The van der Waals surface area contributed by atoms with Crippen molar-refractivity contribution in [3.8, 4) is 5.75 Å². The number of hydrogen-bond donors (Lipinski definition) is 1. The predicted octanol–water partition coefficient (Wildman–Crippen LogP) is 1.91. The van der Waals surface area contributed by atoms with Gasteiger partial charge in [0.25, 0.3) is 0 Å². The van der Waals surface area contributed by atoms with Gasteiger partial charge in [0.1, 0.15) is 5.75 Å². The summed E-state index contributed by atoms with van der Waals surface area (Å²) in [5.41, 5.74) is 0.889. The van der Waals surface area contributed by atoms with E-state index in [1.165, 1.54) is 6.42 Å². The number of ether oxygens (including phenoxy) is 1. The number of rotatable bonds is 4. The summed E-state index contributed by atoms with van der Waals surface area (Å²) in [4.78, 5) is 17.1. The number of nitrogens with zero attached hydrogens (tertiary/aromatic N) is 2. The minimum absolute atomic E-state index is 0. The molecule has 0 spiro atoms. The molecule has 2 aliphatic rings. The van der Waals surface area contributed by atoms with Gasteiger partial charge < -0.3 is 15.0 Å². The first-order valence-electron chi connectivity index (χ1n) is 8.10. The first-order chi connectivity index (χ1) is 10.7. The highest BCUT2D eigenvalue weighted by molar-refractivity contribution is 6.00. The van der Waals surface area contributed by atoms with Crippen LogP contribution in [0.3, 0.4) is 0 Å². The van der Waals surface area contributed by atoms with Gasteiger partial charge in [-0.2, -0.15) is 0 Å². The lowest BCUT2D eigenvalue weighted by atomic mass is 10.0. The molecule has 2 saturated heterocycles. The van der Waals surface area contributed by atoms with Crippen LogP contribution < -0.4 is 15.0 Å². The second kappa shape index (κ2) is 7.99.